The number of anilines is 1. The highest BCUT2D eigenvalue weighted by Gasteiger charge is 2.15. The predicted molar refractivity (Wildman–Crippen MR) is 136 cm³/mol. The molecule has 0 aliphatic carbocycles. The van der Waals surface area contributed by atoms with Gasteiger partial charge in [-0.1, -0.05) is 30.3 Å². The molecule has 0 radical (unpaired) electrons. The first-order chi connectivity index (χ1) is 16.4. The summed E-state index contributed by atoms with van der Waals surface area (Å²) >= 11 is 2.13. The molecule has 1 amide bonds. The quantitative estimate of drug-likeness (QED) is 0.174. The van der Waals surface area contributed by atoms with Crippen molar-refractivity contribution >= 4 is 46.2 Å². The van der Waals surface area contributed by atoms with Crippen molar-refractivity contribution in [1.82, 2.24) is 0 Å². The molecule has 3 rings (SSSR count). The third kappa shape index (κ3) is 6.36. The van der Waals surface area contributed by atoms with Crippen LogP contribution in [0.3, 0.4) is 0 Å². The molecule has 0 aromatic heterocycles. The van der Waals surface area contributed by atoms with E-state index in [9.17, 15) is 14.9 Å². The molecule has 1 N–H and O–H groups in total. The van der Waals surface area contributed by atoms with E-state index < -0.39 is 11.9 Å². The summed E-state index contributed by atoms with van der Waals surface area (Å²) in [6.45, 7) is 0.378. The van der Waals surface area contributed by atoms with Gasteiger partial charge in [-0.3, -0.25) is 4.79 Å². The van der Waals surface area contributed by atoms with Gasteiger partial charge in [-0.2, -0.15) is 5.26 Å². The van der Waals surface area contributed by atoms with Crippen molar-refractivity contribution in [3.8, 4) is 17.6 Å². The fraction of sp³-hybridized carbons (Fsp3) is 0.115. The predicted octanol–water partition coefficient (Wildman–Crippen LogP) is 5.21. The number of carbonyl (C=O) groups excluding carboxylic acids is 2. The van der Waals surface area contributed by atoms with Gasteiger partial charge in [0.2, 0.25) is 0 Å². The molecule has 3 aromatic carbocycles. The summed E-state index contributed by atoms with van der Waals surface area (Å²) in [5, 5.41) is 12.2. The molecule has 8 heteroatoms. The van der Waals surface area contributed by atoms with Crippen LogP contribution in [0.15, 0.2) is 72.3 Å². The van der Waals surface area contributed by atoms with Crippen molar-refractivity contribution in [3.05, 3.63) is 92.6 Å². The number of methoxy groups -OCH3 is 2. The third-order valence-corrected chi connectivity index (χ3v) is 5.52. The molecular weight excluding hydrogens is 547 g/mol. The first kappa shape index (κ1) is 24.8. The zero-order chi connectivity index (χ0) is 24.5. The van der Waals surface area contributed by atoms with Gasteiger partial charge < -0.3 is 19.5 Å². The van der Waals surface area contributed by atoms with Crippen LogP contribution < -0.4 is 14.8 Å². The van der Waals surface area contributed by atoms with E-state index in [1.807, 2.05) is 36.4 Å². The lowest BCUT2D eigenvalue weighted by atomic mass is 10.1. The average molecular weight is 568 g/mol. The fourth-order valence-electron chi connectivity index (χ4n) is 3.01. The smallest absolute Gasteiger partial charge is 0.337 e. The number of nitriles is 1. The molecule has 34 heavy (non-hydrogen) atoms. The molecule has 0 atom stereocenters. The Morgan fingerprint density at radius 1 is 1.06 bits per heavy atom. The van der Waals surface area contributed by atoms with Crippen molar-refractivity contribution in [2.75, 3.05) is 19.5 Å². The first-order valence-corrected chi connectivity index (χ1v) is 11.2. The summed E-state index contributed by atoms with van der Waals surface area (Å²) in [6, 6.07) is 21.4. The van der Waals surface area contributed by atoms with Crippen LogP contribution in [0.25, 0.3) is 6.08 Å². The average Bonchev–Trinajstić information content (AvgIpc) is 2.86. The summed E-state index contributed by atoms with van der Waals surface area (Å²) in [5.41, 5.74) is 2.34. The summed E-state index contributed by atoms with van der Waals surface area (Å²) in [6.07, 6.45) is 1.48. The summed E-state index contributed by atoms with van der Waals surface area (Å²) in [4.78, 5) is 24.2. The number of amides is 1. The first-order valence-electron chi connectivity index (χ1n) is 10.1. The Balaban J connectivity index is 1.78. The largest absolute Gasteiger partial charge is 0.493 e. The highest BCUT2D eigenvalue weighted by Crippen LogP contribution is 2.35. The number of hydrogen-bond acceptors (Lipinski definition) is 6. The van der Waals surface area contributed by atoms with Crippen LogP contribution in [0.2, 0.25) is 0 Å². The van der Waals surface area contributed by atoms with Gasteiger partial charge in [-0.05, 0) is 76.2 Å². The van der Waals surface area contributed by atoms with Gasteiger partial charge in [-0.15, -0.1) is 0 Å². The minimum Gasteiger partial charge on any atom is -0.493 e. The topological polar surface area (TPSA) is 97.7 Å². The second-order valence-electron chi connectivity index (χ2n) is 7.00. The van der Waals surface area contributed by atoms with E-state index in [0.717, 1.165) is 9.13 Å². The molecule has 0 aliphatic heterocycles. The minimum atomic E-state index is -0.577. The normalized spacial score (nSPS) is 10.7. The Labute approximate surface area is 211 Å². The molecule has 0 bridgehead atoms. The number of carbonyl (C=O) groups is 2. The Hall–Kier alpha value is -3.84. The van der Waals surface area contributed by atoms with E-state index in [2.05, 4.69) is 32.6 Å². The lowest BCUT2D eigenvalue weighted by Crippen LogP contribution is -2.13. The van der Waals surface area contributed by atoms with Crippen molar-refractivity contribution in [3.63, 3.8) is 0 Å². The fourth-order valence-corrected chi connectivity index (χ4v) is 3.80. The second kappa shape index (κ2) is 11.9. The highest BCUT2D eigenvalue weighted by molar-refractivity contribution is 14.1. The van der Waals surface area contributed by atoms with Crippen LogP contribution >= 0.6 is 22.6 Å². The van der Waals surface area contributed by atoms with Crippen molar-refractivity contribution in [1.29, 1.82) is 5.26 Å². The Bertz CT molecular complexity index is 1250. The number of hydrogen-bond donors (Lipinski definition) is 1. The van der Waals surface area contributed by atoms with E-state index in [4.69, 9.17) is 9.47 Å². The van der Waals surface area contributed by atoms with Crippen LogP contribution in [-0.4, -0.2) is 26.1 Å². The SMILES string of the molecule is COC(=O)c1ccc(NC(=O)/C(C#N)=C/c2cc(I)c(OCc3ccccc3)c(OC)c2)cc1. The van der Waals surface area contributed by atoms with Crippen LogP contribution in [0.1, 0.15) is 21.5 Å². The van der Waals surface area contributed by atoms with Crippen LogP contribution in [0.5, 0.6) is 11.5 Å². The number of rotatable bonds is 8. The lowest BCUT2D eigenvalue weighted by Gasteiger charge is -2.14. The zero-order valence-corrected chi connectivity index (χ0v) is 20.7. The second-order valence-corrected chi connectivity index (χ2v) is 8.16. The molecule has 0 heterocycles. The molecule has 0 unspecified atom stereocenters. The van der Waals surface area contributed by atoms with Gasteiger partial charge in [0.1, 0.15) is 18.2 Å². The third-order valence-electron chi connectivity index (χ3n) is 4.72. The Morgan fingerprint density at radius 2 is 1.76 bits per heavy atom. The summed E-state index contributed by atoms with van der Waals surface area (Å²) < 4.78 is 16.9. The molecule has 0 aliphatic rings. The van der Waals surface area contributed by atoms with Crippen LogP contribution in [0.4, 0.5) is 5.69 Å². The maximum absolute atomic E-state index is 12.6. The standard InChI is InChI=1S/C26H21IN2O5/c1-32-23-14-18(13-22(27)24(23)34-16-17-6-4-3-5-7-17)12-20(15-28)25(30)29-21-10-8-19(9-11-21)26(31)33-2/h3-14H,16H2,1-2H3,(H,29,30)/b20-12+. The number of halogens is 1. The number of ether oxygens (including phenoxy) is 3. The number of esters is 1. The van der Waals surface area contributed by atoms with Crippen LogP contribution in [-0.2, 0) is 16.1 Å². The van der Waals surface area contributed by atoms with Gasteiger partial charge >= 0.3 is 5.97 Å². The van der Waals surface area contributed by atoms with Crippen molar-refractivity contribution in [2.24, 2.45) is 0 Å². The van der Waals surface area contributed by atoms with Gasteiger partial charge in [0.25, 0.3) is 5.91 Å². The highest BCUT2D eigenvalue weighted by atomic mass is 127. The lowest BCUT2D eigenvalue weighted by molar-refractivity contribution is -0.112. The van der Waals surface area contributed by atoms with E-state index in [1.54, 1.807) is 24.3 Å². The number of benzene rings is 3. The van der Waals surface area contributed by atoms with Crippen molar-refractivity contribution in [2.45, 2.75) is 6.61 Å². The van der Waals surface area contributed by atoms with Gasteiger partial charge in [0, 0.05) is 5.69 Å². The van der Waals surface area contributed by atoms with Gasteiger partial charge in [0.05, 0.1) is 23.4 Å². The van der Waals surface area contributed by atoms with Gasteiger partial charge in [0.15, 0.2) is 11.5 Å². The van der Waals surface area contributed by atoms with E-state index >= 15 is 0 Å². The molecule has 3 aromatic rings. The maximum Gasteiger partial charge on any atom is 0.337 e. The summed E-state index contributed by atoms with van der Waals surface area (Å²) in [5.74, 6) is 0.0184. The number of nitrogens with zero attached hydrogens (tertiary/aromatic N) is 1. The maximum atomic E-state index is 12.6. The Kier molecular flexibility index (Phi) is 8.65. The molecule has 7 nitrogen and oxygen atoms in total. The molecular formula is C26H21IN2O5. The molecule has 172 valence electrons. The van der Waals surface area contributed by atoms with E-state index in [-0.39, 0.29) is 5.57 Å². The van der Waals surface area contributed by atoms with E-state index in [0.29, 0.717) is 34.9 Å². The zero-order valence-electron chi connectivity index (χ0n) is 18.5. The minimum absolute atomic E-state index is 0.0900. The molecule has 0 saturated heterocycles. The molecule has 0 saturated carbocycles. The molecule has 0 spiro atoms. The summed E-state index contributed by atoms with van der Waals surface area (Å²) in [7, 11) is 2.82. The number of nitrogens with one attached hydrogen (secondary N) is 1. The Morgan fingerprint density at radius 3 is 2.38 bits per heavy atom. The van der Waals surface area contributed by atoms with Gasteiger partial charge in [-0.25, -0.2) is 4.79 Å². The van der Waals surface area contributed by atoms with Crippen molar-refractivity contribution < 1.29 is 23.8 Å². The van der Waals surface area contributed by atoms with E-state index in [1.165, 1.54) is 32.4 Å². The monoisotopic (exact) mass is 568 g/mol. The van der Waals surface area contributed by atoms with Crippen LogP contribution in [0, 0.1) is 14.9 Å². The molecule has 0 fully saturated rings.